The van der Waals surface area contributed by atoms with Crippen LogP contribution in [0.5, 0.6) is 0 Å². The molecule has 0 amide bonds. The summed E-state index contributed by atoms with van der Waals surface area (Å²) in [5, 5.41) is 0. The normalized spacial score (nSPS) is 17.4. The molecule has 0 aromatic carbocycles. The summed E-state index contributed by atoms with van der Waals surface area (Å²) in [5.74, 6) is -0.0511. The summed E-state index contributed by atoms with van der Waals surface area (Å²) in [5.41, 5.74) is 0. The monoisotopic (exact) mass is 150 g/mol. The molecule has 0 aliphatic carbocycles. The van der Waals surface area contributed by atoms with Crippen LogP contribution in [0.15, 0.2) is 0 Å². The van der Waals surface area contributed by atoms with Gasteiger partial charge in [0, 0.05) is 6.42 Å². The van der Waals surface area contributed by atoms with E-state index in [9.17, 15) is 8.78 Å². The lowest BCUT2D eigenvalue weighted by molar-refractivity contribution is 0.174. The zero-order valence-corrected chi connectivity index (χ0v) is 6.90. The number of hydrogen-bond donors (Lipinski definition) is 0. The topological polar surface area (TPSA) is 0 Å². The Morgan fingerprint density at radius 1 is 1.20 bits per heavy atom. The second-order valence-electron chi connectivity index (χ2n) is 3.00. The molecule has 0 nitrogen and oxygen atoms in total. The van der Waals surface area contributed by atoms with Crippen LogP contribution in [0.1, 0.15) is 33.6 Å². The average molecular weight is 150 g/mol. The summed E-state index contributed by atoms with van der Waals surface area (Å²) in [7, 11) is 0. The molecule has 10 heavy (non-hydrogen) atoms. The molecule has 0 N–H and O–H groups in total. The predicted molar refractivity (Wildman–Crippen MR) is 39.5 cm³/mol. The van der Waals surface area contributed by atoms with Crippen LogP contribution in [0, 0.1) is 5.92 Å². The maximum atomic E-state index is 12.7. The van der Waals surface area contributed by atoms with Crippen LogP contribution in [0.4, 0.5) is 8.78 Å². The molecule has 0 aromatic rings. The Kier molecular flexibility index (Phi) is 4.58. The summed E-state index contributed by atoms with van der Waals surface area (Å²) in [6, 6.07) is 0. The van der Waals surface area contributed by atoms with Gasteiger partial charge in [-0.3, -0.25) is 0 Å². The van der Waals surface area contributed by atoms with E-state index in [1.165, 1.54) is 0 Å². The van der Waals surface area contributed by atoms with Gasteiger partial charge in [0.25, 0.3) is 0 Å². The van der Waals surface area contributed by atoms with E-state index in [0.29, 0.717) is 6.42 Å². The Bertz CT molecular complexity index is 81.3. The van der Waals surface area contributed by atoms with Gasteiger partial charge in [0.1, 0.15) is 12.3 Å². The van der Waals surface area contributed by atoms with Gasteiger partial charge in [-0.1, -0.05) is 20.8 Å². The van der Waals surface area contributed by atoms with Crippen molar-refractivity contribution in [2.75, 3.05) is 0 Å². The highest BCUT2D eigenvalue weighted by Gasteiger charge is 2.16. The van der Waals surface area contributed by atoms with E-state index in [1.54, 1.807) is 20.8 Å². The van der Waals surface area contributed by atoms with Crippen LogP contribution in [-0.2, 0) is 0 Å². The van der Waals surface area contributed by atoms with Crippen molar-refractivity contribution < 1.29 is 8.78 Å². The fourth-order valence-electron chi connectivity index (χ4n) is 0.683. The Labute approximate surface area is 61.6 Å². The van der Waals surface area contributed by atoms with Crippen molar-refractivity contribution in [1.82, 2.24) is 0 Å². The highest BCUT2D eigenvalue weighted by Crippen LogP contribution is 2.15. The molecule has 0 heterocycles. The van der Waals surface area contributed by atoms with Crippen LogP contribution < -0.4 is 0 Å². The minimum Gasteiger partial charge on any atom is -0.247 e. The standard InChI is InChI=1S/C8H16F2/c1-4-7(9)5-8(10)6(2)3/h6-8H,4-5H2,1-3H3. The second kappa shape index (κ2) is 4.64. The summed E-state index contributed by atoms with van der Waals surface area (Å²) >= 11 is 0. The average Bonchev–Trinajstić information content (AvgIpc) is 1.87. The van der Waals surface area contributed by atoms with Crippen molar-refractivity contribution in [2.24, 2.45) is 5.92 Å². The summed E-state index contributed by atoms with van der Waals surface area (Å²) in [6.45, 7) is 5.28. The molecule has 62 valence electrons. The molecule has 2 atom stereocenters. The molecule has 0 rings (SSSR count). The Hall–Kier alpha value is -0.140. The molecule has 0 aliphatic heterocycles. The van der Waals surface area contributed by atoms with Gasteiger partial charge >= 0.3 is 0 Å². The van der Waals surface area contributed by atoms with Crippen LogP contribution in [0.2, 0.25) is 0 Å². The van der Waals surface area contributed by atoms with Crippen molar-refractivity contribution in [3.63, 3.8) is 0 Å². The van der Waals surface area contributed by atoms with Gasteiger partial charge in [-0.25, -0.2) is 8.78 Å². The quantitative estimate of drug-likeness (QED) is 0.577. The molecule has 0 aromatic heterocycles. The molecule has 0 fully saturated rings. The van der Waals surface area contributed by atoms with Crippen LogP contribution in [0.25, 0.3) is 0 Å². The number of hydrogen-bond acceptors (Lipinski definition) is 0. The smallest absolute Gasteiger partial charge is 0.105 e. The van der Waals surface area contributed by atoms with E-state index in [-0.39, 0.29) is 12.3 Å². The van der Waals surface area contributed by atoms with Gasteiger partial charge in [0.05, 0.1) is 0 Å². The Morgan fingerprint density at radius 2 is 1.70 bits per heavy atom. The summed E-state index contributed by atoms with van der Waals surface area (Å²) in [6.07, 6.45) is -1.45. The van der Waals surface area contributed by atoms with E-state index in [2.05, 4.69) is 0 Å². The van der Waals surface area contributed by atoms with E-state index in [0.717, 1.165) is 0 Å². The first kappa shape index (κ1) is 9.86. The first-order chi connectivity index (χ1) is 4.57. The Morgan fingerprint density at radius 3 is 2.00 bits per heavy atom. The van der Waals surface area contributed by atoms with Crippen molar-refractivity contribution in [2.45, 2.75) is 46.0 Å². The van der Waals surface area contributed by atoms with Crippen molar-refractivity contribution in [3.8, 4) is 0 Å². The highest BCUT2D eigenvalue weighted by molar-refractivity contribution is 4.65. The third kappa shape index (κ3) is 3.80. The van der Waals surface area contributed by atoms with Crippen LogP contribution >= 0.6 is 0 Å². The van der Waals surface area contributed by atoms with Crippen molar-refractivity contribution in [1.29, 1.82) is 0 Å². The first-order valence-electron chi connectivity index (χ1n) is 3.86. The largest absolute Gasteiger partial charge is 0.247 e. The second-order valence-corrected chi connectivity index (χ2v) is 3.00. The van der Waals surface area contributed by atoms with Gasteiger partial charge < -0.3 is 0 Å². The summed E-state index contributed by atoms with van der Waals surface area (Å²) < 4.78 is 25.2. The van der Waals surface area contributed by atoms with E-state index in [1.807, 2.05) is 0 Å². The molecule has 0 bridgehead atoms. The third-order valence-electron chi connectivity index (χ3n) is 1.65. The fourth-order valence-corrected chi connectivity index (χ4v) is 0.683. The molecule has 0 saturated heterocycles. The van der Waals surface area contributed by atoms with Crippen LogP contribution in [-0.4, -0.2) is 12.3 Å². The predicted octanol–water partition coefficient (Wildman–Crippen LogP) is 3.12. The maximum Gasteiger partial charge on any atom is 0.105 e. The van der Waals surface area contributed by atoms with Gasteiger partial charge in [-0.15, -0.1) is 0 Å². The van der Waals surface area contributed by atoms with Gasteiger partial charge in [0.2, 0.25) is 0 Å². The van der Waals surface area contributed by atoms with E-state index in [4.69, 9.17) is 0 Å². The lowest BCUT2D eigenvalue weighted by atomic mass is 10.0. The summed E-state index contributed by atoms with van der Waals surface area (Å²) in [4.78, 5) is 0. The van der Waals surface area contributed by atoms with E-state index < -0.39 is 12.3 Å². The van der Waals surface area contributed by atoms with Gasteiger partial charge in [0.15, 0.2) is 0 Å². The highest BCUT2D eigenvalue weighted by atomic mass is 19.1. The molecule has 0 saturated carbocycles. The number of halogens is 2. The molecular weight excluding hydrogens is 134 g/mol. The van der Waals surface area contributed by atoms with Crippen molar-refractivity contribution in [3.05, 3.63) is 0 Å². The third-order valence-corrected chi connectivity index (χ3v) is 1.65. The fraction of sp³-hybridized carbons (Fsp3) is 1.00. The molecule has 2 heteroatoms. The lowest BCUT2D eigenvalue weighted by Crippen LogP contribution is -2.15. The first-order valence-corrected chi connectivity index (χ1v) is 3.86. The number of alkyl halides is 2. The van der Waals surface area contributed by atoms with Gasteiger partial charge in [-0.2, -0.15) is 0 Å². The SMILES string of the molecule is CCC(F)CC(F)C(C)C. The zero-order chi connectivity index (χ0) is 8.15. The molecular formula is C8H16F2. The van der Waals surface area contributed by atoms with Crippen LogP contribution in [0.3, 0.4) is 0 Å². The number of rotatable bonds is 4. The van der Waals surface area contributed by atoms with E-state index >= 15 is 0 Å². The minimum absolute atomic E-state index is 0.0511. The maximum absolute atomic E-state index is 12.7. The molecule has 0 spiro atoms. The zero-order valence-electron chi connectivity index (χ0n) is 6.90. The minimum atomic E-state index is -0.977. The van der Waals surface area contributed by atoms with Gasteiger partial charge in [-0.05, 0) is 12.3 Å². The lowest BCUT2D eigenvalue weighted by Gasteiger charge is -2.13. The molecule has 0 radical (unpaired) electrons. The van der Waals surface area contributed by atoms with Crippen molar-refractivity contribution >= 4 is 0 Å². The molecule has 0 aliphatic rings. The Balaban J connectivity index is 3.46. The molecule has 2 unspecified atom stereocenters.